The van der Waals surface area contributed by atoms with Crippen LogP contribution in [0.3, 0.4) is 0 Å². The van der Waals surface area contributed by atoms with E-state index in [9.17, 15) is 5.11 Å². The first kappa shape index (κ1) is 13.8. The number of aromatic nitrogens is 1. The van der Waals surface area contributed by atoms with E-state index < -0.39 is 6.10 Å². The van der Waals surface area contributed by atoms with Gasteiger partial charge in [-0.3, -0.25) is 0 Å². The van der Waals surface area contributed by atoms with Gasteiger partial charge in [-0.15, -0.1) is 0 Å². The molecule has 2 aromatic rings. The molecule has 0 aliphatic heterocycles. The highest BCUT2D eigenvalue weighted by atomic mass is 79.9. The number of hydrogen-bond acceptors (Lipinski definition) is 4. The molecule has 3 N–H and O–H groups in total. The first-order valence-electron chi connectivity index (χ1n) is 5.76. The lowest BCUT2D eigenvalue weighted by atomic mass is 10.0. The summed E-state index contributed by atoms with van der Waals surface area (Å²) in [5, 5.41) is 10.5. The minimum Gasteiger partial charge on any atom is -0.497 e. The van der Waals surface area contributed by atoms with Crippen LogP contribution in [0.4, 0.5) is 5.82 Å². The smallest absolute Gasteiger partial charge is 0.129 e. The first-order valence-corrected chi connectivity index (χ1v) is 6.55. The Morgan fingerprint density at radius 1 is 1.32 bits per heavy atom. The number of hydrogen-bond donors (Lipinski definition) is 2. The molecule has 1 unspecified atom stereocenters. The van der Waals surface area contributed by atoms with Crippen molar-refractivity contribution in [1.82, 2.24) is 4.98 Å². The molecule has 5 heteroatoms. The standard InChI is InChI=1S/C14H15BrN2O2/c1-8-5-11(14(16)17-7-8)13(18)10-6-9(19-2)3-4-12(10)15/h3-7,13,18H,1-2H3,(H2,16,17). The molecule has 0 bridgehead atoms. The van der Waals surface area contributed by atoms with Gasteiger partial charge in [0, 0.05) is 21.8 Å². The fraction of sp³-hybridized carbons (Fsp3) is 0.214. The minimum absolute atomic E-state index is 0.327. The van der Waals surface area contributed by atoms with Crippen molar-refractivity contribution in [2.24, 2.45) is 0 Å². The van der Waals surface area contributed by atoms with Crippen molar-refractivity contribution in [3.63, 3.8) is 0 Å². The molecule has 1 atom stereocenters. The lowest BCUT2D eigenvalue weighted by molar-refractivity contribution is 0.219. The molecule has 0 radical (unpaired) electrons. The number of aliphatic hydroxyl groups excluding tert-OH is 1. The molecule has 0 spiro atoms. The molecule has 1 aromatic heterocycles. The van der Waals surface area contributed by atoms with Crippen LogP contribution in [-0.2, 0) is 0 Å². The van der Waals surface area contributed by atoms with E-state index >= 15 is 0 Å². The van der Waals surface area contributed by atoms with Gasteiger partial charge in [-0.25, -0.2) is 4.98 Å². The van der Waals surface area contributed by atoms with Crippen LogP contribution in [-0.4, -0.2) is 17.2 Å². The second kappa shape index (κ2) is 5.59. The van der Waals surface area contributed by atoms with Crippen LogP contribution in [0.1, 0.15) is 22.8 Å². The Morgan fingerprint density at radius 3 is 2.74 bits per heavy atom. The van der Waals surface area contributed by atoms with E-state index in [1.165, 1.54) is 0 Å². The average Bonchev–Trinajstić information content (AvgIpc) is 2.41. The van der Waals surface area contributed by atoms with Gasteiger partial charge in [-0.05, 0) is 36.8 Å². The normalized spacial score (nSPS) is 12.2. The summed E-state index contributed by atoms with van der Waals surface area (Å²) in [4.78, 5) is 4.07. The van der Waals surface area contributed by atoms with Crippen LogP contribution in [0.5, 0.6) is 5.75 Å². The van der Waals surface area contributed by atoms with Gasteiger partial charge in [-0.2, -0.15) is 0 Å². The lowest BCUT2D eigenvalue weighted by Gasteiger charge is -2.16. The molecule has 0 amide bonds. The van der Waals surface area contributed by atoms with E-state index in [4.69, 9.17) is 10.5 Å². The summed E-state index contributed by atoms with van der Waals surface area (Å²) < 4.78 is 5.96. The van der Waals surface area contributed by atoms with Gasteiger partial charge in [0.15, 0.2) is 0 Å². The van der Waals surface area contributed by atoms with Gasteiger partial charge >= 0.3 is 0 Å². The molecule has 0 saturated heterocycles. The average molecular weight is 323 g/mol. The molecule has 0 aliphatic rings. The highest BCUT2D eigenvalue weighted by molar-refractivity contribution is 9.10. The van der Waals surface area contributed by atoms with Crippen molar-refractivity contribution >= 4 is 21.7 Å². The Bertz CT molecular complexity index is 602. The van der Waals surface area contributed by atoms with E-state index in [1.807, 2.05) is 25.1 Å². The van der Waals surface area contributed by atoms with Gasteiger partial charge in [-0.1, -0.05) is 15.9 Å². The van der Waals surface area contributed by atoms with Gasteiger partial charge in [0.05, 0.1) is 7.11 Å². The maximum absolute atomic E-state index is 10.5. The summed E-state index contributed by atoms with van der Waals surface area (Å²) in [5.41, 5.74) is 8.06. The number of nitrogens with two attached hydrogens (primary N) is 1. The minimum atomic E-state index is -0.850. The maximum atomic E-state index is 10.5. The molecular formula is C14H15BrN2O2. The molecule has 100 valence electrons. The summed E-state index contributed by atoms with van der Waals surface area (Å²) in [6.45, 7) is 1.91. The number of aliphatic hydroxyl groups is 1. The third-order valence-corrected chi connectivity index (χ3v) is 3.60. The van der Waals surface area contributed by atoms with Crippen LogP contribution in [0.2, 0.25) is 0 Å². The van der Waals surface area contributed by atoms with Crippen molar-refractivity contribution in [2.75, 3.05) is 12.8 Å². The Morgan fingerprint density at radius 2 is 2.05 bits per heavy atom. The number of benzene rings is 1. The maximum Gasteiger partial charge on any atom is 0.129 e. The lowest BCUT2D eigenvalue weighted by Crippen LogP contribution is -2.07. The van der Waals surface area contributed by atoms with E-state index in [2.05, 4.69) is 20.9 Å². The summed E-state index contributed by atoms with van der Waals surface area (Å²) >= 11 is 3.42. The number of anilines is 1. The molecular weight excluding hydrogens is 308 g/mol. The summed E-state index contributed by atoms with van der Waals surface area (Å²) in [6, 6.07) is 7.25. The third kappa shape index (κ3) is 2.88. The van der Waals surface area contributed by atoms with Crippen molar-refractivity contribution in [1.29, 1.82) is 0 Å². The van der Waals surface area contributed by atoms with Gasteiger partial charge in [0.1, 0.15) is 17.7 Å². The summed E-state index contributed by atoms with van der Waals surface area (Å²) in [5.74, 6) is 1.00. The molecule has 2 rings (SSSR count). The number of pyridine rings is 1. The molecule has 0 saturated carbocycles. The predicted molar refractivity (Wildman–Crippen MR) is 78.1 cm³/mol. The predicted octanol–water partition coefficient (Wildman–Crippen LogP) is 2.83. The number of aryl methyl sites for hydroxylation is 1. The largest absolute Gasteiger partial charge is 0.497 e. The number of ether oxygens (including phenoxy) is 1. The number of rotatable bonds is 3. The van der Waals surface area contributed by atoms with Gasteiger partial charge < -0.3 is 15.6 Å². The first-order chi connectivity index (χ1) is 9.02. The zero-order valence-electron chi connectivity index (χ0n) is 10.7. The SMILES string of the molecule is COc1ccc(Br)c(C(O)c2cc(C)cnc2N)c1. The van der Waals surface area contributed by atoms with Crippen LogP contribution < -0.4 is 10.5 Å². The third-order valence-electron chi connectivity index (χ3n) is 2.88. The highest BCUT2D eigenvalue weighted by Crippen LogP contribution is 2.33. The van der Waals surface area contributed by atoms with E-state index in [0.29, 0.717) is 22.7 Å². The van der Waals surface area contributed by atoms with Crippen LogP contribution in [0.15, 0.2) is 34.9 Å². The van der Waals surface area contributed by atoms with Gasteiger partial charge in [0.25, 0.3) is 0 Å². The second-order valence-electron chi connectivity index (χ2n) is 4.28. The van der Waals surface area contributed by atoms with Crippen LogP contribution in [0, 0.1) is 6.92 Å². The molecule has 0 aliphatic carbocycles. The Hall–Kier alpha value is -1.59. The number of nitrogens with zero attached hydrogens (tertiary/aromatic N) is 1. The molecule has 19 heavy (non-hydrogen) atoms. The number of halogens is 1. The van der Waals surface area contributed by atoms with Crippen molar-refractivity contribution in [3.05, 3.63) is 51.6 Å². The fourth-order valence-corrected chi connectivity index (χ4v) is 2.31. The van der Waals surface area contributed by atoms with Crippen molar-refractivity contribution < 1.29 is 9.84 Å². The monoisotopic (exact) mass is 322 g/mol. The summed E-state index contributed by atoms with van der Waals surface area (Å²) in [6.07, 6.45) is 0.823. The fourth-order valence-electron chi connectivity index (χ4n) is 1.85. The second-order valence-corrected chi connectivity index (χ2v) is 5.13. The van der Waals surface area contributed by atoms with E-state index in [-0.39, 0.29) is 0 Å². The Kier molecular flexibility index (Phi) is 4.07. The Labute approximate surface area is 120 Å². The summed E-state index contributed by atoms with van der Waals surface area (Å²) in [7, 11) is 1.59. The molecule has 4 nitrogen and oxygen atoms in total. The van der Waals surface area contributed by atoms with Crippen molar-refractivity contribution in [3.8, 4) is 5.75 Å². The van der Waals surface area contributed by atoms with E-state index in [1.54, 1.807) is 19.4 Å². The zero-order valence-corrected chi connectivity index (χ0v) is 12.3. The topological polar surface area (TPSA) is 68.4 Å². The van der Waals surface area contributed by atoms with Crippen LogP contribution in [0.25, 0.3) is 0 Å². The molecule has 0 fully saturated rings. The Balaban J connectivity index is 2.48. The highest BCUT2D eigenvalue weighted by Gasteiger charge is 2.18. The number of nitrogen functional groups attached to an aromatic ring is 1. The van der Waals surface area contributed by atoms with Gasteiger partial charge in [0.2, 0.25) is 0 Å². The van der Waals surface area contributed by atoms with Crippen LogP contribution >= 0.6 is 15.9 Å². The number of methoxy groups -OCH3 is 1. The zero-order chi connectivity index (χ0) is 14.0. The quantitative estimate of drug-likeness (QED) is 0.911. The molecule has 1 aromatic carbocycles. The van der Waals surface area contributed by atoms with Crippen molar-refractivity contribution in [2.45, 2.75) is 13.0 Å². The molecule has 1 heterocycles. The van der Waals surface area contributed by atoms with E-state index in [0.717, 1.165) is 10.0 Å².